The molecule has 0 aromatic heterocycles. The van der Waals surface area contributed by atoms with Crippen LogP contribution in [0.15, 0.2) is 18.2 Å². The maximum Gasteiger partial charge on any atom is 0.270 e. The summed E-state index contributed by atoms with van der Waals surface area (Å²) < 4.78 is 0. The van der Waals surface area contributed by atoms with Crippen molar-refractivity contribution in [2.45, 2.75) is 32.6 Å². The van der Waals surface area contributed by atoms with E-state index in [-0.39, 0.29) is 17.0 Å². The van der Waals surface area contributed by atoms with Crippen LogP contribution < -0.4 is 5.32 Å². The minimum absolute atomic E-state index is 0.0220. The van der Waals surface area contributed by atoms with Gasteiger partial charge in [-0.05, 0) is 25.3 Å². The Morgan fingerprint density at radius 1 is 1.43 bits per heavy atom. The second-order valence-corrected chi connectivity index (χ2v) is 6.05. The molecule has 1 aromatic carbocycles. The van der Waals surface area contributed by atoms with E-state index in [1.54, 1.807) is 13.0 Å². The van der Waals surface area contributed by atoms with Crippen LogP contribution >= 0.6 is 11.6 Å². The van der Waals surface area contributed by atoms with Crippen molar-refractivity contribution in [1.29, 1.82) is 0 Å². The molecule has 2 rings (SSSR count). The molecule has 0 radical (unpaired) electrons. The van der Waals surface area contributed by atoms with Crippen LogP contribution in [0.5, 0.6) is 0 Å². The van der Waals surface area contributed by atoms with Crippen molar-refractivity contribution >= 4 is 23.2 Å². The molecule has 1 fully saturated rings. The first kappa shape index (κ1) is 15.8. The van der Waals surface area contributed by atoms with Crippen molar-refractivity contribution in [3.8, 4) is 0 Å². The molecular formula is C15H19ClN2O3. The number of hydrogen-bond acceptors (Lipinski definition) is 3. The Balaban J connectivity index is 2.09. The van der Waals surface area contributed by atoms with Gasteiger partial charge in [-0.3, -0.25) is 14.9 Å². The Hall–Kier alpha value is -1.62. The molecule has 0 atom stereocenters. The Morgan fingerprint density at radius 2 is 2.10 bits per heavy atom. The van der Waals surface area contributed by atoms with Crippen LogP contribution in [-0.2, 0) is 0 Å². The van der Waals surface area contributed by atoms with Crippen LogP contribution in [0.2, 0.25) is 0 Å². The predicted molar refractivity (Wildman–Crippen MR) is 81.8 cm³/mol. The van der Waals surface area contributed by atoms with E-state index in [0.717, 1.165) is 31.2 Å². The molecule has 1 N–H and O–H groups in total. The van der Waals surface area contributed by atoms with Crippen molar-refractivity contribution in [3.05, 3.63) is 39.4 Å². The normalized spacial score (nSPS) is 16.7. The van der Waals surface area contributed by atoms with Gasteiger partial charge in [0.1, 0.15) is 0 Å². The summed E-state index contributed by atoms with van der Waals surface area (Å²) in [6.07, 6.45) is 4.31. The molecule has 0 spiro atoms. The number of halogens is 1. The fourth-order valence-corrected chi connectivity index (χ4v) is 3.18. The first-order valence-corrected chi connectivity index (χ1v) is 7.60. The number of carbonyl (C=O) groups is 1. The van der Waals surface area contributed by atoms with Crippen LogP contribution in [0.4, 0.5) is 5.69 Å². The van der Waals surface area contributed by atoms with E-state index in [9.17, 15) is 14.9 Å². The van der Waals surface area contributed by atoms with E-state index >= 15 is 0 Å². The molecular weight excluding hydrogens is 292 g/mol. The summed E-state index contributed by atoms with van der Waals surface area (Å²) in [6.45, 7) is 2.29. The summed E-state index contributed by atoms with van der Waals surface area (Å²) in [7, 11) is 0. The zero-order chi connectivity index (χ0) is 15.5. The van der Waals surface area contributed by atoms with Crippen molar-refractivity contribution in [3.63, 3.8) is 0 Å². The first-order chi connectivity index (χ1) is 9.97. The van der Waals surface area contributed by atoms with E-state index in [4.69, 9.17) is 11.6 Å². The monoisotopic (exact) mass is 310 g/mol. The third kappa shape index (κ3) is 3.53. The summed E-state index contributed by atoms with van der Waals surface area (Å²) in [5.74, 6) is 0.258. The number of benzene rings is 1. The van der Waals surface area contributed by atoms with Gasteiger partial charge in [0.25, 0.3) is 11.6 Å². The SMILES string of the molecule is Cc1ccc([N+](=O)[O-])cc1C(=O)NCC1(CCl)CCCC1. The molecule has 0 bridgehead atoms. The van der Waals surface area contributed by atoms with Crippen LogP contribution in [0.25, 0.3) is 0 Å². The number of carbonyl (C=O) groups excluding carboxylic acids is 1. The minimum Gasteiger partial charge on any atom is -0.351 e. The van der Waals surface area contributed by atoms with Gasteiger partial charge in [0.15, 0.2) is 0 Å². The fourth-order valence-electron chi connectivity index (χ4n) is 2.81. The molecule has 21 heavy (non-hydrogen) atoms. The number of nitrogens with zero attached hydrogens (tertiary/aromatic N) is 1. The van der Waals surface area contributed by atoms with E-state index in [0.29, 0.717) is 18.0 Å². The Morgan fingerprint density at radius 3 is 2.67 bits per heavy atom. The second kappa shape index (κ2) is 6.43. The van der Waals surface area contributed by atoms with E-state index in [2.05, 4.69) is 5.32 Å². The lowest BCUT2D eigenvalue weighted by molar-refractivity contribution is -0.384. The molecule has 0 aliphatic heterocycles. The summed E-state index contributed by atoms with van der Waals surface area (Å²) >= 11 is 6.05. The van der Waals surface area contributed by atoms with Crippen LogP contribution in [0.3, 0.4) is 0 Å². The number of aryl methyl sites for hydroxylation is 1. The van der Waals surface area contributed by atoms with Gasteiger partial charge in [-0.2, -0.15) is 0 Å². The van der Waals surface area contributed by atoms with Crippen molar-refractivity contribution in [2.75, 3.05) is 12.4 Å². The Labute approximate surface area is 128 Å². The molecule has 114 valence electrons. The average Bonchev–Trinajstić information content (AvgIpc) is 2.94. The molecule has 0 saturated heterocycles. The molecule has 0 unspecified atom stereocenters. The quantitative estimate of drug-likeness (QED) is 0.514. The molecule has 5 nitrogen and oxygen atoms in total. The van der Waals surface area contributed by atoms with Crippen LogP contribution in [-0.4, -0.2) is 23.3 Å². The molecule has 0 heterocycles. The number of nitro groups is 1. The maximum atomic E-state index is 12.3. The average molecular weight is 311 g/mol. The largest absolute Gasteiger partial charge is 0.351 e. The molecule has 1 aliphatic carbocycles. The van der Waals surface area contributed by atoms with Gasteiger partial charge < -0.3 is 5.32 Å². The molecule has 6 heteroatoms. The number of rotatable bonds is 5. The minimum atomic E-state index is -0.493. The van der Waals surface area contributed by atoms with Gasteiger partial charge in [-0.1, -0.05) is 18.9 Å². The van der Waals surface area contributed by atoms with Crippen LogP contribution in [0, 0.1) is 22.5 Å². The highest BCUT2D eigenvalue weighted by Gasteiger charge is 2.33. The molecule has 1 aromatic rings. The third-order valence-electron chi connectivity index (χ3n) is 4.25. The Kier molecular flexibility index (Phi) is 4.83. The van der Waals surface area contributed by atoms with Crippen molar-refractivity contribution in [2.24, 2.45) is 5.41 Å². The summed E-state index contributed by atoms with van der Waals surface area (Å²) in [5, 5.41) is 13.7. The molecule has 1 aliphatic rings. The zero-order valence-corrected chi connectivity index (χ0v) is 12.8. The number of amides is 1. The highest BCUT2D eigenvalue weighted by Crippen LogP contribution is 2.38. The lowest BCUT2D eigenvalue weighted by atomic mass is 9.88. The van der Waals surface area contributed by atoms with Crippen LogP contribution in [0.1, 0.15) is 41.6 Å². The van der Waals surface area contributed by atoms with Crippen molar-refractivity contribution < 1.29 is 9.72 Å². The van der Waals surface area contributed by atoms with E-state index < -0.39 is 4.92 Å². The van der Waals surface area contributed by atoms with Gasteiger partial charge in [0.2, 0.25) is 0 Å². The van der Waals surface area contributed by atoms with E-state index in [1.165, 1.54) is 12.1 Å². The van der Waals surface area contributed by atoms with Gasteiger partial charge in [0.05, 0.1) is 4.92 Å². The second-order valence-electron chi connectivity index (χ2n) is 5.78. The Bertz CT molecular complexity index is 554. The van der Waals surface area contributed by atoms with Gasteiger partial charge in [-0.25, -0.2) is 0 Å². The van der Waals surface area contributed by atoms with Gasteiger partial charge in [-0.15, -0.1) is 11.6 Å². The summed E-state index contributed by atoms with van der Waals surface area (Å²) in [6, 6.07) is 4.33. The predicted octanol–water partition coefficient (Wildman–Crippen LogP) is 3.43. The number of nitro benzene ring substituents is 1. The standard InChI is InChI=1S/C15H19ClN2O3/c1-11-4-5-12(18(20)21)8-13(11)14(19)17-10-15(9-16)6-2-3-7-15/h4-5,8H,2-3,6-7,9-10H2,1H3,(H,17,19). The van der Waals surface area contributed by atoms with Crippen molar-refractivity contribution in [1.82, 2.24) is 5.32 Å². The lowest BCUT2D eigenvalue weighted by Crippen LogP contribution is -2.37. The number of alkyl halides is 1. The maximum absolute atomic E-state index is 12.3. The lowest BCUT2D eigenvalue weighted by Gasteiger charge is -2.26. The number of hydrogen-bond donors (Lipinski definition) is 1. The topological polar surface area (TPSA) is 72.2 Å². The summed E-state index contributed by atoms with van der Waals surface area (Å²) in [5.41, 5.74) is 0.987. The fraction of sp³-hybridized carbons (Fsp3) is 0.533. The zero-order valence-electron chi connectivity index (χ0n) is 12.0. The number of nitrogens with one attached hydrogen (secondary N) is 1. The molecule has 1 amide bonds. The number of non-ortho nitro benzene ring substituents is 1. The summed E-state index contributed by atoms with van der Waals surface area (Å²) in [4.78, 5) is 22.6. The highest BCUT2D eigenvalue weighted by molar-refractivity contribution is 6.18. The van der Waals surface area contributed by atoms with Gasteiger partial charge in [0, 0.05) is 35.5 Å². The van der Waals surface area contributed by atoms with Gasteiger partial charge >= 0.3 is 0 Å². The smallest absolute Gasteiger partial charge is 0.270 e. The van der Waals surface area contributed by atoms with E-state index in [1.807, 2.05) is 0 Å². The third-order valence-corrected chi connectivity index (χ3v) is 4.82. The highest BCUT2D eigenvalue weighted by atomic mass is 35.5. The molecule has 1 saturated carbocycles. The first-order valence-electron chi connectivity index (χ1n) is 7.07.